The lowest BCUT2D eigenvalue weighted by atomic mass is 9.85. The van der Waals surface area contributed by atoms with Crippen molar-refractivity contribution >= 4 is 47.4 Å². The number of carbonyl (C=O) groups is 8. The van der Waals surface area contributed by atoms with Crippen LogP contribution in [0.25, 0.3) is 0 Å². The highest BCUT2D eigenvalue weighted by Gasteiger charge is 2.47. The molecule has 422 valence electrons. The summed E-state index contributed by atoms with van der Waals surface area (Å²) < 4.78 is 5.49. The number of amides is 8. The normalized spacial score (nSPS) is 21.9. The number of rotatable bonds is 21. The van der Waals surface area contributed by atoms with Crippen LogP contribution >= 0.6 is 0 Å². The molecule has 3 aromatic carbocycles. The molecule has 0 aromatic heterocycles. The molecular formula is C59H82N10O9. The van der Waals surface area contributed by atoms with Gasteiger partial charge in [0.2, 0.25) is 41.4 Å². The largest absolute Gasteiger partial charge is 0.445 e. The van der Waals surface area contributed by atoms with Crippen LogP contribution in [-0.2, 0) is 57.7 Å². The van der Waals surface area contributed by atoms with Crippen molar-refractivity contribution < 1.29 is 43.1 Å². The van der Waals surface area contributed by atoms with Gasteiger partial charge in [0.25, 0.3) is 0 Å². The van der Waals surface area contributed by atoms with E-state index in [9.17, 15) is 38.4 Å². The summed E-state index contributed by atoms with van der Waals surface area (Å²) >= 11 is 0. The molecule has 8 N–H and O–H groups in total. The van der Waals surface area contributed by atoms with Crippen molar-refractivity contribution in [3.05, 3.63) is 107 Å². The first-order valence-corrected chi connectivity index (χ1v) is 27.9. The molecule has 4 aliphatic rings. The zero-order chi connectivity index (χ0) is 56.1. The van der Waals surface area contributed by atoms with Gasteiger partial charge in [0.1, 0.15) is 30.8 Å². The van der Waals surface area contributed by atoms with Crippen LogP contribution in [0.15, 0.2) is 78.9 Å². The van der Waals surface area contributed by atoms with E-state index in [0.29, 0.717) is 0 Å². The summed E-state index contributed by atoms with van der Waals surface area (Å²) in [6.07, 6.45) is 5.42. The molecule has 2 aliphatic carbocycles. The second-order valence-corrected chi connectivity index (χ2v) is 22.9. The van der Waals surface area contributed by atoms with E-state index in [1.165, 1.54) is 20.9 Å². The highest BCUT2D eigenvalue weighted by Crippen LogP contribution is 2.33. The Bertz CT molecular complexity index is 2610. The zero-order valence-corrected chi connectivity index (χ0v) is 46.3. The van der Waals surface area contributed by atoms with Crippen LogP contribution < -0.4 is 37.6 Å². The molecule has 9 atom stereocenters. The molecule has 2 heterocycles. The van der Waals surface area contributed by atoms with E-state index in [1.807, 2.05) is 87.5 Å². The highest BCUT2D eigenvalue weighted by molar-refractivity contribution is 5.95. The van der Waals surface area contributed by atoms with Crippen LogP contribution in [0, 0.1) is 5.41 Å². The molecule has 0 radical (unpaired) electrons. The minimum Gasteiger partial charge on any atom is -0.445 e. The van der Waals surface area contributed by atoms with Gasteiger partial charge in [0, 0.05) is 44.6 Å². The summed E-state index contributed by atoms with van der Waals surface area (Å²) in [6.45, 7) is 7.64. The average Bonchev–Trinajstić information content (AvgIpc) is 4.03. The number of carbonyl (C=O) groups excluding carboxylic acids is 8. The Morgan fingerprint density at radius 3 is 1.86 bits per heavy atom. The van der Waals surface area contributed by atoms with E-state index in [0.717, 1.165) is 55.2 Å². The smallest absolute Gasteiger partial charge is 0.408 e. The number of likely N-dealkylation sites (tertiary alicyclic amines) is 2. The van der Waals surface area contributed by atoms with Gasteiger partial charge in [0.15, 0.2) is 0 Å². The summed E-state index contributed by atoms with van der Waals surface area (Å²) in [6, 6.07) is 19.4. The molecule has 2 fully saturated rings. The number of alkyl carbamates (subject to hydrolysis) is 1. The summed E-state index contributed by atoms with van der Waals surface area (Å²) in [7, 11) is 3.56. The van der Waals surface area contributed by atoms with Gasteiger partial charge in [-0.1, -0.05) is 99.6 Å². The molecule has 3 unspecified atom stereocenters. The van der Waals surface area contributed by atoms with Crippen molar-refractivity contribution in [3.63, 3.8) is 0 Å². The first-order valence-electron chi connectivity index (χ1n) is 27.9. The second kappa shape index (κ2) is 27.1. The zero-order valence-electron chi connectivity index (χ0n) is 46.3. The third-order valence-electron chi connectivity index (χ3n) is 15.7. The molecule has 2 saturated heterocycles. The van der Waals surface area contributed by atoms with Crippen LogP contribution in [0.3, 0.4) is 0 Å². The summed E-state index contributed by atoms with van der Waals surface area (Å²) in [5.41, 5.74) is 10.9. The molecule has 0 spiro atoms. The molecule has 7 rings (SSSR count). The molecule has 8 amide bonds. The number of fused-ring (bicyclic) bond motifs is 2. The maximum atomic E-state index is 14.6. The Labute approximate surface area is 459 Å². The van der Waals surface area contributed by atoms with E-state index < -0.39 is 65.6 Å². The van der Waals surface area contributed by atoms with Crippen molar-refractivity contribution in [1.82, 2.24) is 46.6 Å². The summed E-state index contributed by atoms with van der Waals surface area (Å²) in [5, 5.41) is 17.9. The van der Waals surface area contributed by atoms with Gasteiger partial charge in [-0.15, -0.1) is 0 Å². The molecule has 2 aliphatic heterocycles. The number of benzene rings is 3. The van der Waals surface area contributed by atoms with E-state index in [1.54, 1.807) is 25.9 Å². The van der Waals surface area contributed by atoms with E-state index >= 15 is 0 Å². The minimum absolute atomic E-state index is 0.00223. The van der Waals surface area contributed by atoms with Crippen LogP contribution in [0.1, 0.15) is 138 Å². The van der Waals surface area contributed by atoms with Gasteiger partial charge in [-0.3, -0.25) is 38.5 Å². The fourth-order valence-corrected chi connectivity index (χ4v) is 11.1. The molecule has 0 bridgehead atoms. The summed E-state index contributed by atoms with van der Waals surface area (Å²) in [4.78, 5) is 115. The van der Waals surface area contributed by atoms with Crippen molar-refractivity contribution in [2.45, 2.75) is 172 Å². The number of nitrogens with zero attached hydrogens (tertiary/aromatic N) is 3. The lowest BCUT2D eigenvalue weighted by Gasteiger charge is -2.37. The van der Waals surface area contributed by atoms with Gasteiger partial charge in [0.05, 0.1) is 18.1 Å². The van der Waals surface area contributed by atoms with Crippen molar-refractivity contribution in [2.24, 2.45) is 11.1 Å². The maximum absolute atomic E-state index is 14.6. The van der Waals surface area contributed by atoms with Crippen LogP contribution in [0.4, 0.5) is 4.79 Å². The van der Waals surface area contributed by atoms with Crippen LogP contribution in [0.2, 0.25) is 0 Å². The molecule has 3 aromatic rings. The van der Waals surface area contributed by atoms with Gasteiger partial charge >= 0.3 is 6.09 Å². The Balaban J connectivity index is 0.928. The fraction of sp³-hybridized carbons (Fsp3) is 0.559. The van der Waals surface area contributed by atoms with Gasteiger partial charge in [-0.2, -0.15) is 0 Å². The van der Waals surface area contributed by atoms with Gasteiger partial charge in [-0.05, 0) is 125 Å². The molecule has 19 nitrogen and oxygen atoms in total. The van der Waals surface area contributed by atoms with Gasteiger partial charge in [-0.25, -0.2) is 4.79 Å². The highest BCUT2D eigenvalue weighted by atomic mass is 16.5. The SMILES string of the molecule is C[C@@H](C(=O)N[C@H](C(=O)N1C[C@@H](NC(=O)CCCC(=O)NCCC[C@H](NC(=O)OCc2ccccc2)C(=O)N2C[C@@H](N)CC2C(=O)NC2CCCc3ccccc32)C[C@H]1C(=O)NC1CCCc2ccccc21)C(C)(C)C)N(C)C. The van der Waals surface area contributed by atoms with E-state index in [4.69, 9.17) is 10.5 Å². The number of likely N-dealkylation sites (N-methyl/N-ethyl adjacent to an activating group) is 1. The number of aryl methyl sites for hydroxylation is 2. The van der Waals surface area contributed by atoms with Crippen molar-refractivity contribution in [1.29, 1.82) is 0 Å². The number of hydrogen-bond acceptors (Lipinski definition) is 11. The van der Waals surface area contributed by atoms with Gasteiger partial charge < -0.3 is 52.2 Å². The lowest BCUT2D eigenvalue weighted by molar-refractivity contribution is -0.144. The monoisotopic (exact) mass is 1070 g/mol. The van der Waals surface area contributed by atoms with Crippen LogP contribution in [0.5, 0.6) is 0 Å². The van der Waals surface area contributed by atoms with Crippen LogP contribution in [-0.4, -0.2) is 138 Å². The number of nitrogens with two attached hydrogens (primary N) is 1. The third kappa shape index (κ3) is 15.7. The van der Waals surface area contributed by atoms with E-state index in [2.05, 4.69) is 44.0 Å². The Morgan fingerprint density at radius 1 is 0.692 bits per heavy atom. The average molecular weight is 1080 g/mol. The first kappa shape index (κ1) is 58.8. The van der Waals surface area contributed by atoms with Crippen molar-refractivity contribution in [2.75, 3.05) is 33.7 Å². The molecule has 0 saturated carbocycles. The summed E-state index contributed by atoms with van der Waals surface area (Å²) in [5.74, 6) is -2.51. The minimum atomic E-state index is -1.09. The Kier molecular flexibility index (Phi) is 20.5. The molecule has 78 heavy (non-hydrogen) atoms. The number of hydrogen-bond donors (Lipinski definition) is 7. The standard InChI is InChI=1S/C59H82N10O9/c1-37(67(5)6)53(72)66-52(59(2,3)4)57(76)69-35-42(33-49(69)55(74)64-46-27-15-23-40-21-11-13-25-44(40)46)62-51(71)30-16-29-50(70)61-31-17-28-47(65-58(77)78-36-38-18-8-7-9-19-38)56(75)68-34-41(60)32-48(68)54(73)63-45-26-14-22-39-20-10-12-24-43(39)45/h7-13,18-21,24-25,37,41-42,45-49,52H,14-17,22-23,26-36,60H2,1-6H3,(H,61,70)(H,62,71)(H,63,73)(H,64,74)(H,65,77)(H,66,72)/t37-,41-,42-,45?,46?,47-,48?,49-,52+/m0/s1. The maximum Gasteiger partial charge on any atom is 0.408 e. The van der Waals surface area contributed by atoms with E-state index in [-0.39, 0.29) is 113 Å². The van der Waals surface area contributed by atoms with Crippen molar-refractivity contribution in [3.8, 4) is 0 Å². The number of nitrogens with one attached hydrogen (secondary N) is 6. The molecule has 19 heteroatoms. The molecular weight excluding hydrogens is 993 g/mol. The lowest BCUT2D eigenvalue weighted by Crippen LogP contribution is -2.59. The Hall–Kier alpha value is -6.86. The predicted octanol–water partition coefficient (Wildman–Crippen LogP) is 4.23. The number of ether oxygens (including phenoxy) is 1. The second-order valence-electron chi connectivity index (χ2n) is 22.9. The topological polar surface area (TPSA) is 254 Å². The fourth-order valence-electron chi connectivity index (χ4n) is 11.1. The third-order valence-corrected chi connectivity index (χ3v) is 15.7. The quantitative estimate of drug-likeness (QED) is 0.0744. The predicted molar refractivity (Wildman–Crippen MR) is 295 cm³/mol. The first-order chi connectivity index (χ1) is 37.3. The Morgan fingerprint density at radius 2 is 1.26 bits per heavy atom.